The van der Waals surface area contributed by atoms with E-state index in [1.165, 1.54) is 23.7 Å². The van der Waals surface area contributed by atoms with Gasteiger partial charge in [0.25, 0.3) is 0 Å². The lowest BCUT2D eigenvalue weighted by molar-refractivity contribution is 0.947. The predicted molar refractivity (Wildman–Crippen MR) is 58.6 cm³/mol. The van der Waals surface area contributed by atoms with Crippen LogP contribution in [0.15, 0.2) is 0 Å². The summed E-state index contributed by atoms with van der Waals surface area (Å²) in [5.41, 5.74) is 5.49. The maximum atomic E-state index is 5.49. The highest BCUT2D eigenvalue weighted by molar-refractivity contribution is 8.00. The van der Waals surface area contributed by atoms with Gasteiger partial charge in [0.15, 0.2) is 0 Å². The molecule has 1 unspecified atom stereocenters. The van der Waals surface area contributed by atoms with E-state index in [4.69, 9.17) is 5.73 Å². The van der Waals surface area contributed by atoms with Gasteiger partial charge in [-0.2, -0.15) is 23.5 Å². The normalized spacial score (nSPS) is 13.4. The Kier molecular flexibility index (Phi) is 9.28. The van der Waals surface area contributed by atoms with Gasteiger partial charge in [0.05, 0.1) is 0 Å². The summed E-state index contributed by atoms with van der Waals surface area (Å²) in [4.78, 5) is 0. The lowest BCUT2D eigenvalue weighted by Crippen LogP contribution is -2.13. The first-order valence-electron chi connectivity index (χ1n) is 4.20. The van der Waals surface area contributed by atoms with Crippen molar-refractivity contribution in [3.05, 3.63) is 0 Å². The summed E-state index contributed by atoms with van der Waals surface area (Å²) in [5, 5.41) is 0.640. The Morgan fingerprint density at radius 3 is 2.64 bits per heavy atom. The van der Waals surface area contributed by atoms with Gasteiger partial charge in [-0.25, -0.2) is 0 Å². The van der Waals surface area contributed by atoms with E-state index in [-0.39, 0.29) is 0 Å². The molecule has 68 valence electrons. The fraction of sp³-hybridized carbons (Fsp3) is 1.00. The highest BCUT2D eigenvalue weighted by atomic mass is 32.2. The van der Waals surface area contributed by atoms with Crippen molar-refractivity contribution >= 4 is 23.5 Å². The van der Waals surface area contributed by atoms with Crippen LogP contribution in [0.3, 0.4) is 0 Å². The second-order valence-electron chi connectivity index (χ2n) is 2.47. The van der Waals surface area contributed by atoms with Crippen LogP contribution in [0.25, 0.3) is 0 Å². The van der Waals surface area contributed by atoms with Gasteiger partial charge in [0, 0.05) is 11.8 Å². The van der Waals surface area contributed by atoms with Gasteiger partial charge in [-0.05, 0) is 23.7 Å². The summed E-state index contributed by atoms with van der Waals surface area (Å²) in [5.74, 6) is 3.82. The van der Waals surface area contributed by atoms with Crippen LogP contribution in [0.4, 0.5) is 0 Å². The molecule has 0 aromatic carbocycles. The van der Waals surface area contributed by atoms with E-state index in [0.29, 0.717) is 5.25 Å². The van der Waals surface area contributed by atoms with Crippen molar-refractivity contribution in [3.63, 3.8) is 0 Å². The van der Waals surface area contributed by atoms with Crippen LogP contribution in [0.5, 0.6) is 0 Å². The summed E-state index contributed by atoms with van der Waals surface area (Å²) in [6, 6.07) is 0. The summed E-state index contributed by atoms with van der Waals surface area (Å²) in [6.45, 7) is 5.21. The maximum absolute atomic E-state index is 5.49. The smallest absolute Gasteiger partial charge is 0.0141 e. The van der Waals surface area contributed by atoms with E-state index in [1.54, 1.807) is 0 Å². The third kappa shape index (κ3) is 8.57. The number of rotatable bonds is 7. The zero-order valence-electron chi connectivity index (χ0n) is 7.51. The molecule has 0 spiro atoms. The lowest BCUT2D eigenvalue weighted by Gasteiger charge is -2.06. The molecule has 0 rings (SSSR count). The average molecular weight is 193 g/mol. The Morgan fingerprint density at radius 1 is 1.36 bits per heavy atom. The third-order valence-electron chi connectivity index (χ3n) is 1.37. The van der Waals surface area contributed by atoms with Crippen molar-refractivity contribution in [2.24, 2.45) is 5.73 Å². The van der Waals surface area contributed by atoms with Crippen LogP contribution in [0.2, 0.25) is 0 Å². The summed E-state index contributed by atoms with van der Waals surface area (Å²) in [7, 11) is 0. The topological polar surface area (TPSA) is 26.0 Å². The molecule has 0 aliphatic rings. The Hall–Kier alpha value is 0.660. The molecule has 11 heavy (non-hydrogen) atoms. The number of hydrogen-bond donors (Lipinski definition) is 1. The standard InChI is InChI=1S/C8H19NS2/c1-3-10-5-4-6-11-8(2)7-9/h8H,3-7,9H2,1-2H3. The molecular weight excluding hydrogens is 174 g/mol. The highest BCUT2D eigenvalue weighted by Crippen LogP contribution is 2.12. The van der Waals surface area contributed by atoms with Crippen LogP contribution in [0.1, 0.15) is 20.3 Å². The second kappa shape index (κ2) is 8.75. The molecule has 0 saturated carbocycles. The van der Waals surface area contributed by atoms with Gasteiger partial charge in [0.2, 0.25) is 0 Å². The van der Waals surface area contributed by atoms with E-state index < -0.39 is 0 Å². The molecule has 0 amide bonds. The van der Waals surface area contributed by atoms with Crippen LogP contribution in [0, 0.1) is 0 Å². The van der Waals surface area contributed by atoms with E-state index in [9.17, 15) is 0 Å². The minimum absolute atomic E-state index is 0.640. The quantitative estimate of drug-likeness (QED) is 0.628. The number of thioether (sulfide) groups is 2. The maximum Gasteiger partial charge on any atom is 0.0141 e. The molecular formula is C8H19NS2. The molecule has 0 heterocycles. The minimum atomic E-state index is 0.640. The Balaban J connectivity index is 2.89. The first-order chi connectivity index (χ1) is 5.31. The van der Waals surface area contributed by atoms with Gasteiger partial charge >= 0.3 is 0 Å². The number of hydrogen-bond acceptors (Lipinski definition) is 3. The monoisotopic (exact) mass is 193 g/mol. The van der Waals surface area contributed by atoms with Crippen molar-refractivity contribution in [1.82, 2.24) is 0 Å². The molecule has 0 aliphatic heterocycles. The van der Waals surface area contributed by atoms with Crippen molar-refractivity contribution in [2.75, 3.05) is 23.8 Å². The summed E-state index contributed by atoms with van der Waals surface area (Å²) < 4.78 is 0. The molecule has 0 fully saturated rings. The minimum Gasteiger partial charge on any atom is -0.329 e. The molecule has 0 aromatic rings. The molecule has 0 bridgehead atoms. The van der Waals surface area contributed by atoms with Crippen LogP contribution < -0.4 is 5.73 Å². The van der Waals surface area contributed by atoms with Crippen molar-refractivity contribution < 1.29 is 0 Å². The SMILES string of the molecule is CCSCCCSC(C)CN. The Labute approximate surface area is 78.9 Å². The Morgan fingerprint density at radius 2 is 2.09 bits per heavy atom. The van der Waals surface area contributed by atoms with E-state index in [0.717, 1.165) is 6.54 Å². The third-order valence-corrected chi connectivity index (χ3v) is 3.64. The first-order valence-corrected chi connectivity index (χ1v) is 6.41. The van der Waals surface area contributed by atoms with Crippen molar-refractivity contribution in [1.29, 1.82) is 0 Å². The molecule has 2 N–H and O–H groups in total. The van der Waals surface area contributed by atoms with Gasteiger partial charge in [0.1, 0.15) is 0 Å². The second-order valence-corrected chi connectivity index (χ2v) is 5.41. The van der Waals surface area contributed by atoms with Crippen LogP contribution in [-0.4, -0.2) is 29.1 Å². The van der Waals surface area contributed by atoms with E-state index in [1.807, 2.05) is 23.5 Å². The number of nitrogens with two attached hydrogens (primary N) is 1. The average Bonchev–Trinajstić information content (AvgIpc) is 2.04. The largest absolute Gasteiger partial charge is 0.329 e. The van der Waals surface area contributed by atoms with E-state index in [2.05, 4.69) is 13.8 Å². The zero-order valence-corrected chi connectivity index (χ0v) is 9.14. The summed E-state index contributed by atoms with van der Waals surface area (Å²) >= 11 is 4.01. The van der Waals surface area contributed by atoms with Crippen molar-refractivity contribution in [3.8, 4) is 0 Å². The van der Waals surface area contributed by atoms with Crippen LogP contribution >= 0.6 is 23.5 Å². The molecule has 1 atom stereocenters. The molecule has 0 radical (unpaired) electrons. The van der Waals surface area contributed by atoms with E-state index >= 15 is 0 Å². The molecule has 1 nitrogen and oxygen atoms in total. The van der Waals surface area contributed by atoms with Gasteiger partial charge in [-0.3, -0.25) is 0 Å². The van der Waals surface area contributed by atoms with Gasteiger partial charge < -0.3 is 5.73 Å². The fourth-order valence-electron chi connectivity index (χ4n) is 0.658. The fourth-order valence-corrected chi connectivity index (χ4v) is 2.33. The van der Waals surface area contributed by atoms with Gasteiger partial charge in [-0.1, -0.05) is 13.8 Å². The summed E-state index contributed by atoms with van der Waals surface area (Å²) in [6.07, 6.45) is 1.33. The molecule has 0 saturated heterocycles. The molecule has 3 heteroatoms. The lowest BCUT2D eigenvalue weighted by atomic mass is 10.5. The predicted octanol–water partition coefficient (Wildman–Crippen LogP) is 2.21. The van der Waals surface area contributed by atoms with Gasteiger partial charge in [-0.15, -0.1) is 0 Å². The first kappa shape index (κ1) is 11.7. The Bertz CT molecular complexity index is 78.5. The highest BCUT2D eigenvalue weighted by Gasteiger charge is 1.97. The zero-order chi connectivity index (χ0) is 8.53. The molecule has 0 aromatic heterocycles. The van der Waals surface area contributed by atoms with Crippen LogP contribution in [-0.2, 0) is 0 Å². The molecule has 0 aliphatic carbocycles. The van der Waals surface area contributed by atoms with Crippen molar-refractivity contribution in [2.45, 2.75) is 25.5 Å².